The van der Waals surface area contributed by atoms with Crippen molar-refractivity contribution in [3.05, 3.63) is 52.7 Å². The second kappa shape index (κ2) is 6.58. The van der Waals surface area contributed by atoms with E-state index in [1.165, 1.54) is 0 Å². The first-order chi connectivity index (χ1) is 10.8. The van der Waals surface area contributed by atoms with Crippen LogP contribution in [0.4, 0.5) is 5.69 Å². The maximum Gasteiger partial charge on any atom is 0.229 e. The van der Waals surface area contributed by atoms with Crippen LogP contribution >= 0.6 is 11.3 Å². The number of ether oxygens (including phenoxy) is 1. The topological polar surface area (TPSA) is 51.2 Å². The van der Waals surface area contributed by atoms with Crippen molar-refractivity contribution in [3.63, 3.8) is 0 Å². The molecule has 2 heterocycles. The van der Waals surface area contributed by atoms with Gasteiger partial charge in [-0.1, -0.05) is 18.2 Å². The summed E-state index contributed by atoms with van der Waals surface area (Å²) in [5.74, 6) is 0.522. The lowest BCUT2D eigenvalue weighted by Crippen LogP contribution is -2.14. The van der Waals surface area contributed by atoms with Gasteiger partial charge in [0.15, 0.2) is 0 Å². The summed E-state index contributed by atoms with van der Waals surface area (Å²) in [7, 11) is 0. The summed E-state index contributed by atoms with van der Waals surface area (Å²) in [6, 6.07) is 13.4. The molecule has 0 spiro atoms. The molecule has 1 amide bonds. The Labute approximate surface area is 132 Å². The maximum atomic E-state index is 12.2. The lowest BCUT2D eigenvalue weighted by atomic mass is 10.2. The molecular weight excluding hydrogens is 296 g/mol. The lowest BCUT2D eigenvalue weighted by Gasteiger charge is -2.09. The van der Waals surface area contributed by atoms with Crippen molar-refractivity contribution >= 4 is 33.8 Å². The van der Waals surface area contributed by atoms with Gasteiger partial charge in [-0.2, -0.15) is 0 Å². The minimum atomic E-state index is -0.0430. The van der Waals surface area contributed by atoms with Crippen molar-refractivity contribution in [2.75, 3.05) is 11.9 Å². The third-order valence-corrected chi connectivity index (χ3v) is 4.05. The second-order valence-electron chi connectivity index (χ2n) is 4.76. The fraction of sp³-hybridized carbons (Fsp3) is 0.176. The van der Waals surface area contributed by atoms with E-state index in [1.807, 2.05) is 54.8 Å². The monoisotopic (exact) mass is 312 g/mol. The first-order valence-electron chi connectivity index (χ1n) is 7.11. The molecule has 1 N–H and O–H groups in total. The molecule has 0 atom stereocenters. The minimum absolute atomic E-state index is 0.0430. The molecule has 22 heavy (non-hydrogen) atoms. The van der Waals surface area contributed by atoms with Crippen LogP contribution in [0, 0.1) is 0 Å². The van der Waals surface area contributed by atoms with Crippen molar-refractivity contribution in [2.45, 2.75) is 13.3 Å². The number of thiophene rings is 1. The lowest BCUT2D eigenvalue weighted by molar-refractivity contribution is -0.115. The Bertz CT molecular complexity index is 784. The molecular formula is C17H16N2O2S. The fourth-order valence-corrected chi connectivity index (χ4v) is 2.93. The van der Waals surface area contributed by atoms with Gasteiger partial charge in [-0.05, 0) is 30.5 Å². The van der Waals surface area contributed by atoms with Gasteiger partial charge in [0, 0.05) is 16.3 Å². The number of pyridine rings is 1. The summed E-state index contributed by atoms with van der Waals surface area (Å²) >= 11 is 1.58. The minimum Gasteiger partial charge on any atom is -0.478 e. The standard InChI is InChI=1S/C17H16N2O2S/c1-2-21-16-9-8-12-5-3-7-14(17(12)19-16)18-15(20)11-13-6-4-10-22-13/h3-10H,2,11H2,1H3,(H,18,20). The van der Waals surface area contributed by atoms with E-state index < -0.39 is 0 Å². The van der Waals surface area contributed by atoms with E-state index in [1.54, 1.807) is 11.3 Å². The molecule has 0 aliphatic carbocycles. The predicted molar refractivity (Wildman–Crippen MR) is 89.6 cm³/mol. The van der Waals surface area contributed by atoms with Gasteiger partial charge in [0.2, 0.25) is 11.8 Å². The van der Waals surface area contributed by atoms with Crippen LogP contribution in [0.5, 0.6) is 5.88 Å². The van der Waals surface area contributed by atoms with Gasteiger partial charge in [0.25, 0.3) is 0 Å². The number of fused-ring (bicyclic) bond motifs is 1. The van der Waals surface area contributed by atoms with Crippen LogP contribution in [0.15, 0.2) is 47.8 Å². The fourth-order valence-electron chi connectivity index (χ4n) is 2.22. The molecule has 3 aromatic rings. The summed E-state index contributed by atoms with van der Waals surface area (Å²) in [5, 5.41) is 5.88. The van der Waals surface area contributed by atoms with E-state index in [0.29, 0.717) is 24.6 Å². The van der Waals surface area contributed by atoms with E-state index in [-0.39, 0.29) is 5.91 Å². The Morgan fingerprint density at radius 2 is 2.14 bits per heavy atom. The molecule has 2 aromatic heterocycles. The highest BCUT2D eigenvalue weighted by atomic mass is 32.1. The maximum absolute atomic E-state index is 12.2. The summed E-state index contributed by atoms with van der Waals surface area (Å²) in [6.45, 7) is 2.48. The summed E-state index contributed by atoms with van der Waals surface area (Å²) < 4.78 is 5.44. The van der Waals surface area contributed by atoms with Crippen LogP contribution in [0.1, 0.15) is 11.8 Å². The third kappa shape index (κ3) is 3.26. The zero-order chi connectivity index (χ0) is 15.4. The van der Waals surface area contributed by atoms with Crippen molar-refractivity contribution in [3.8, 4) is 5.88 Å². The molecule has 0 saturated carbocycles. The Morgan fingerprint density at radius 1 is 1.23 bits per heavy atom. The number of benzene rings is 1. The van der Waals surface area contributed by atoms with Crippen LogP contribution in [0.2, 0.25) is 0 Å². The molecule has 0 aliphatic rings. The van der Waals surface area contributed by atoms with Crippen LogP contribution in [-0.4, -0.2) is 17.5 Å². The van der Waals surface area contributed by atoms with E-state index >= 15 is 0 Å². The molecule has 0 aliphatic heterocycles. The third-order valence-electron chi connectivity index (χ3n) is 3.18. The highest BCUT2D eigenvalue weighted by molar-refractivity contribution is 7.10. The summed E-state index contributed by atoms with van der Waals surface area (Å²) in [4.78, 5) is 17.7. The predicted octanol–water partition coefficient (Wildman–Crippen LogP) is 3.88. The molecule has 0 fully saturated rings. The SMILES string of the molecule is CCOc1ccc2cccc(NC(=O)Cc3cccs3)c2n1. The molecule has 112 valence electrons. The molecule has 5 heteroatoms. The number of anilines is 1. The number of para-hydroxylation sites is 1. The van der Waals surface area contributed by atoms with Gasteiger partial charge in [-0.3, -0.25) is 4.79 Å². The van der Waals surface area contributed by atoms with Gasteiger partial charge in [0.05, 0.1) is 24.2 Å². The van der Waals surface area contributed by atoms with Crippen molar-refractivity contribution in [1.82, 2.24) is 4.98 Å². The average Bonchev–Trinajstić information content (AvgIpc) is 3.01. The van der Waals surface area contributed by atoms with Crippen LogP contribution in [-0.2, 0) is 11.2 Å². The van der Waals surface area contributed by atoms with Crippen molar-refractivity contribution < 1.29 is 9.53 Å². The van der Waals surface area contributed by atoms with E-state index in [2.05, 4.69) is 10.3 Å². The first kappa shape index (κ1) is 14.5. The number of rotatable bonds is 5. The zero-order valence-corrected chi connectivity index (χ0v) is 13.0. The average molecular weight is 312 g/mol. The highest BCUT2D eigenvalue weighted by Crippen LogP contribution is 2.24. The van der Waals surface area contributed by atoms with Gasteiger partial charge in [-0.15, -0.1) is 11.3 Å². The van der Waals surface area contributed by atoms with Gasteiger partial charge in [0.1, 0.15) is 0 Å². The Kier molecular flexibility index (Phi) is 4.34. The smallest absolute Gasteiger partial charge is 0.229 e. The molecule has 1 aromatic carbocycles. The van der Waals surface area contributed by atoms with Crippen LogP contribution < -0.4 is 10.1 Å². The van der Waals surface area contributed by atoms with Gasteiger partial charge >= 0.3 is 0 Å². The molecule has 3 rings (SSSR count). The normalized spacial score (nSPS) is 10.6. The van der Waals surface area contributed by atoms with E-state index in [4.69, 9.17) is 4.74 Å². The zero-order valence-electron chi connectivity index (χ0n) is 12.2. The Balaban J connectivity index is 1.85. The molecule has 0 saturated heterocycles. The number of aromatic nitrogens is 1. The van der Waals surface area contributed by atoms with Crippen LogP contribution in [0.3, 0.4) is 0 Å². The number of carbonyl (C=O) groups is 1. The number of nitrogens with zero attached hydrogens (tertiary/aromatic N) is 1. The van der Waals surface area contributed by atoms with Crippen molar-refractivity contribution in [1.29, 1.82) is 0 Å². The number of carbonyl (C=O) groups excluding carboxylic acids is 1. The first-order valence-corrected chi connectivity index (χ1v) is 7.99. The number of hydrogen-bond donors (Lipinski definition) is 1. The number of hydrogen-bond acceptors (Lipinski definition) is 4. The van der Waals surface area contributed by atoms with E-state index in [0.717, 1.165) is 15.8 Å². The Morgan fingerprint density at radius 3 is 2.91 bits per heavy atom. The quantitative estimate of drug-likeness (QED) is 0.778. The molecule has 4 nitrogen and oxygen atoms in total. The Hall–Kier alpha value is -2.40. The van der Waals surface area contributed by atoms with E-state index in [9.17, 15) is 4.79 Å². The number of amides is 1. The van der Waals surface area contributed by atoms with Gasteiger partial charge < -0.3 is 10.1 Å². The summed E-state index contributed by atoms with van der Waals surface area (Å²) in [5.41, 5.74) is 1.45. The molecule has 0 bridgehead atoms. The highest BCUT2D eigenvalue weighted by Gasteiger charge is 2.09. The molecule has 0 radical (unpaired) electrons. The van der Waals surface area contributed by atoms with Gasteiger partial charge in [-0.25, -0.2) is 4.98 Å². The van der Waals surface area contributed by atoms with Crippen molar-refractivity contribution in [2.24, 2.45) is 0 Å². The molecule has 0 unspecified atom stereocenters. The van der Waals surface area contributed by atoms with Crippen LogP contribution in [0.25, 0.3) is 10.9 Å². The second-order valence-corrected chi connectivity index (χ2v) is 5.80. The number of nitrogens with one attached hydrogen (secondary N) is 1. The summed E-state index contributed by atoms with van der Waals surface area (Å²) in [6.07, 6.45) is 0.374. The largest absolute Gasteiger partial charge is 0.478 e.